The van der Waals surface area contributed by atoms with Crippen molar-refractivity contribution in [3.05, 3.63) is 12.7 Å². The molecular weight excluding hydrogens is 212 g/mol. The second kappa shape index (κ2) is 3.74. The summed E-state index contributed by atoms with van der Waals surface area (Å²) in [6, 6.07) is 0. The molecule has 2 rings (SSSR count). The van der Waals surface area contributed by atoms with Crippen LogP contribution in [0.1, 0.15) is 12.6 Å². The number of imidazole rings is 1. The topological polar surface area (TPSA) is 133 Å². The second-order valence-electron chi connectivity index (χ2n) is 3.25. The van der Waals surface area contributed by atoms with Gasteiger partial charge in [-0.3, -0.25) is 9.36 Å². The Bertz CT molecular complexity index is 536. The van der Waals surface area contributed by atoms with Crippen LogP contribution in [0, 0.1) is 0 Å². The number of aliphatic carboxylic acids is 1. The third kappa shape index (κ3) is 1.65. The fourth-order valence-corrected chi connectivity index (χ4v) is 1.39. The van der Waals surface area contributed by atoms with Crippen LogP contribution >= 0.6 is 0 Å². The lowest BCUT2D eigenvalue weighted by molar-refractivity contribution is -0.137. The van der Waals surface area contributed by atoms with Gasteiger partial charge in [-0.25, -0.2) is 15.0 Å². The van der Waals surface area contributed by atoms with Gasteiger partial charge in [0.15, 0.2) is 11.5 Å². The molecule has 84 valence electrons. The molecule has 0 saturated carbocycles. The quantitative estimate of drug-likeness (QED) is 0.627. The van der Waals surface area contributed by atoms with Gasteiger partial charge >= 0.3 is 5.97 Å². The number of carbonyl (C=O) groups is 1. The minimum atomic E-state index is -0.989. The summed E-state index contributed by atoms with van der Waals surface area (Å²) in [5.74, 6) is -0.748. The van der Waals surface area contributed by atoms with Crippen molar-refractivity contribution in [1.29, 1.82) is 0 Å². The average Bonchev–Trinajstić information content (AvgIpc) is 2.61. The molecule has 0 fully saturated rings. The van der Waals surface area contributed by atoms with Crippen molar-refractivity contribution in [2.45, 2.75) is 12.6 Å². The maximum absolute atomic E-state index is 10.5. The van der Waals surface area contributed by atoms with E-state index < -0.39 is 12.1 Å². The first-order chi connectivity index (χ1) is 7.59. The molecular formula is C8H10N6O2. The maximum atomic E-state index is 10.5. The molecule has 0 amide bonds. The maximum Gasteiger partial charge on any atom is 0.306 e. The van der Waals surface area contributed by atoms with E-state index in [2.05, 4.69) is 15.0 Å². The van der Waals surface area contributed by atoms with Crippen molar-refractivity contribution < 1.29 is 9.90 Å². The van der Waals surface area contributed by atoms with Crippen LogP contribution in [0.4, 0.5) is 5.82 Å². The smallest absolute Gasteiger partial charge is 0.306 e. The highest BCUT2D eigenvalue weighted by atomic mass is 16.4. The third-order valence-corrected chi connectivity index (χ3v) is 2.13. The van der Waals surface area contributed by atoms with Gasteiger partial charge in [0.2, 0.25) is 0 Å². The Morgan fingerprint density at radius 1 is 1.50 bits per heavy atom. The molecule has 1 unspecified atom stereocenters. The molecule has 8 heteroatoms. The molecule has 16 heavy (non-hydrogen) atoms. The first-order valence-electron chi connectivity index (χ1n) is 4.50. The summed E-state index contributed by atoms with van der Waals surface area (Å²) in [5, 5.41) is 8.64. The third-order valence-electron chi connectivity index (χ3n) is 2.13. The van der Waals surface area contributed by atoms with Crippen molar-refractivity contribution in [1.82, 2.24) is 19.5 Å². The van der Waals surface area contributed by atoms with Gasteiger partial charge in [0.25, 0.3) is 0 Å². The van der Waals surface area contributed by atoms with Crippen LogP contribution in [0.15, 0.2) is 12.7 Å². The second-order valence-corrected chi connectivity index (χ2v) is 3.25. The Morgan fingerprint density at radius 2 is 2.25 bits per heavy atom. The number of fused-ring (bicyclic) bond motifs is 1. The summed E-state index contributed by atoms with van der Waals surface area (Å²) in [6.07, 6.45) is 1.75. The van der Waals surface area contributed by atoms with Gasteiger partial charge in [0.05, 0.1) is 18.9 Å². The summed E-state index contributed by atoms with van der Waals surface area (Å²) in [5.41, 5.74) is 12.1. The Balaban J connectivity index is 2.46. The number of nitrogen functional groups attached to an aromatic ring is 1. The average molecular weight is 222 g/mol. The van der Waals surface area contributed by atoms with Crippen LogP contribution in [0.2, 0.25) is 0 Å². The minimum Gasteiger partial charge on any atom is -0.481 e. The number of nitrogens with two attached hydrogens (primary N) is 2. The molecule has 0 saturated heterocycles. The molecule has 0 aliphatic carbocycles. The Labute approximate surface area is 89.9 Å². The number of carboxylic acid groups (broad SMARTS) is 1. The van der Waals surface area contributed by atoms with E-state index in [4.69, 9.17) is 16.6 Å². The number of hydrogen-bond acceptors (Lipinski definition) is 6. The first-order valence-corrected chi connectivity index (χ1v) is 4.50. The lowest BCUT2D eigenvalue weighted by Crippen LogP contribution is -2.21. The number of hydrogen-bond donors (Lipinski definition) is 3. The zero-order valence-corrected chi connectivity index (χ0v) is 8.24. The van der Waals surface area contributed by atoms with E-state index in [1.807, 2.05) is 0 Å². The molecule has 0 spiro atoms. The molecule has 0 bridgehead atoms. The van der Waals surface area contributed by atoms with Crippen molar-refractivity contribution in [2.75, 3.05) is 5.73 Å². The highest BCUT2D eigenvalue weighted by Gasteiger charge is 2.15. The predicted molar refractivity (Wildman–Crippen MR) is 55.2 cm³/mol. The van der Waals surface area contributed by atoms with Crippen LogP contribution in [0.5, 0.6) is 0 Å². The number of nitrogens with zero attached hydrogens (tertiary/aromatic N) is 4. The molecule has 0 aliphatic heterocycles. The highest BCUT2D eigenvalue weighted by molar-refractivity contribution is 5.81. The fourth-order valence-electron chi connectivity index (χ4n) is 1.39. The molecule has 2 aromatic heterocycles. The van der Waals surface area contributed by atoms with Gasteiger partial charge in [0, 0.05) is 0 Å². The largest absolute Gasteiger partial charge is 0.481 e. The number of carboxylic acids is 1. The van der Waals surface area contributed by atoms with Crippen LogP contribution in [0.3, 0.4) is 0 Å². The van der Waals surface area contributed by atoms with Crippen LogP contribution in [-0.2, 0) is 4.79 Å². The Morgan fingerprint density at radius 3 is 2.94 bits per heavy atom. The first kappa shape index (κ1) is 10.3. The van der Waals surface area contributed by atoms with E-state index >= 15 is 0 Å². The fraction of sp³-hybridized carbons (Fsp3) is 0.250. The van der Waals surface area contributed by atoms with E-state index in [0.717, 1.165) is 0 Å². The van der Waals surface area contributed by atoms with Gasteiger partial charge in [-0.15, -0.1) is 0 Å². The molecule has 2 aromatic rings. The molecule has 1 atom stereocenters. The number of anilines is 1. The summed E-state index contributed by atoms with van der Waals surface area (Å²) < 4.78 is 1.46. The number of aromatic nitrogens is 4. The van der Waals surface area contributed by atoms with Crippen molar-refractivity contribution in [2.24, 2.45) is 5.73 Å². The Kier molecular flexibility index (Phi) is 2.41. The van der Waals surface area contributed by atoms with Gasteiger partial charge in [0.1, 0.15) is 11.8 Å². The molecule has 8 nitrogen and oxygen atoms in total. The van der Waals surface area contributed by atoms with Crippen molar-refractivity contribution in [3.8, 4) is 0 Å². The zero-order valence-electron chi connectivity index (χ0n) is 8.24. The lowest BCUT2D eigenvalue weighted by Gasteiger charge is -2.10. The van der Waals surface area contributed by atoms with Crippen molar-refractivity contribution >= 4 is 23.0 Å². The van der Waals surface area contributed by atoms with Crippen LogP contribution in [0.25, 0.3) is 11.2 Å². The zero-order chi connectivity index (χ0) is 11.7. The van der Waals surface area contributed by atoms with Gasteiger partial charge in [-0.1, -0.05) is 0 Å². The predicted octanol–water partition coefficient (Wildman–Crippen LogP) is -0.659. The summed E-state index contributed by atoms with van der Waals surface area (Å²) >= 11 is 0. The van der Waals surface area contributed by atoms with E-state index in [9.17, 15) is 4.79 Å². The SMILES string of the molecule is Nc1ncnc2c1ncn2C(N)CC(=O)O. The van der Waals surface area contributed by atoms with E-state index in [-0.39, 0.29) is 12.2 Å². The van der Waals surface area contributed by atoms with Gasteiger partial charge in [-0.2, -0.15) is 0 Å². The summed E-state index contributed by atoms with van der Waals surface area (Å²) in [7, 11) is 0. The minimum absolute atomic E-state index is 0.213. The molecule has 5 N–H and O–H groups in total. The molecule has 0 radical (unpaired) electrons. The van der Waals surface area contributed by atoms with Crippen LogP contribution < -0.4 is 11.5 Å². The molecule has 2 heterocycles. The van der Waals surface area contributed by atoms with Crippen LogP contribution in [-0.4, -0.2) is 30.6 Å². The van der Waals surface area contributed by atoms with Crippen molar-refractivity contribution in [3.63, 3.8) is 0 Å². The summed E-state index contributed by atoms with van der Waals surface area (Å²) in [6.45, 7) is 0. The molecule has 0 aliphatic rings. The molecule has 0 aromatic carbocycles. The van der Waals surface area contributed by atoms with E-state index in [0.29, 0.717) is 11.2 Å². The summed E-state index contributed by atoms with van der Waals surface area (Å²) in [4.78, 5) is 22.3. The normalized spacial score (nSPS) is 12.8. The van der Waals surface area contributed by atoms with E-state index in [1.54, 1.807) is 0 Å². The van der Waals surface area contributed by atoms with Gasteiger partial charge < -0.3 is 16.6 Å². The van der Waals surface area contributed by atoms with Gasteiger partial charge in [-0.05, 0) is 0 Å². The number of rotatable bonds is 3. The Hall–Kier alpha value is -2.22. The highest BCUT2D eigenvalue weighted by Crippen LogP contribution is 2.17. The lowest BCUT2D eigenvalue weighted by atomic mass is 10.3. The monoisotopic (exact) mass is 222 g/mol. The standard InChI is InChI=1S/C8H10N6O2/c9-4(1-5(15)16)14-3-13-6-7(10)11-2-12-8(6)14/h2-4H,1,9H2,(H,15,16)(H2,10,11,12). The van der Waals surface area contributed by atoms with E-state index in [1.165, 1.54) is 17.2 Å².